The van der Waals surface area contributed by atoms with E-state index < -0.39 is 0 Å². The van der Waals surface area contributed by atoms with Crippen molar-refractivity contribution in [1.82, 2.24) is 5.32 Å². The van der Waals surface area contributed by atoms with Crippen LogP contribution in [0.2, 0.25) is 0 Å². The lowest BCUT2D eigenvalue weighted by Gasteiger charge is -2.12. The van der Waals surface area contributed by atoms with E-state index in [9.17, 15) is 4.79 Å². The normalized spacial score (nSPS) is 12.5. The van der Waals surface area contributed by atoms with Gasteiger partial charge in [-0.1, -0.05) is 26.2 Å². The summed E-state index contributed by atoms with van der Waals surface area (Å²) in [5, 5.41) is 3.31. The molecule has 0 aliphatic rings. The number of carbonyl (C=O) groups is 1. The van der Waals surface area contributed by atoms with Gasteiger partial charge in [0, 0.05) is 12.6 Å². The second kappa shape index (κ2) is 9.00. The molecule has 0 aromatic heterocycles. The zero-order valence-corrected chi connectivity index (χ0v) is 9.64. The first-order valence-corrected chi connectivity index (χ1v) is 5.50. The van der Waals surface area contributed by atoms with Crippen LogP contribution in [0.5, 0.6) is 0 Å². The summed E-state index contributed by atoms with van der Waals surface area (Å²) in [6.07, 6.45) is 5.48. The third kappa shape index (κ3) is 8.05. The maximum atomic E-state index is 10.8. The second-order valence-corrected chi connectivity index (χ2v) is 3.68. The third-order valence-electron chi connectivity index (χ3n) is 2.29. The number of carbonyl (C=O) groups excluding carboxylic acids is 1. The van der Waals surface area contributed by atoms with E-state index in [1.807, 2.05) is 0 Å². The molecule has 0 aliphatic heterocycles. The van der Waals surface area contributed by atoms with Crippen LogP contribution in [0, 0.1) is 0 Å². The first-order chi connectivity index (χ1) is 6.70. The summed E-state index contributed by atoms with van der Waals surface area (Å²) in [5.41, 5.74) is 0. The van der Waals surface area contributed by atoms with Crippen LogP contribution in [-0.2, 0) is 9.53 Å². The molecule has 0 amide bonds. The minimum absolute atomic E-state index is 0.141. The minimum atomic E-state index is -0.141. The smallest absolute Gasteiger partial charge is 0.306 e. The Hall–Kier alpha value is -0.570. The molecular weight excluding hydrogens is 178 g/mol. The maximum absolute atomic E-state index is 10.8. The van der Waals surface area contributed by atoms with Crippen molar-refractivity contribution in [3.63, 3.8) is 0 Å². The van der Waals surface area contributed by atoms with Crippen LogP contribution in [-0.4, -0.2) is 25.7 Å². The van der Waals surface area contributed by atoms with Gasteiger partial charge in [-0.05, 0) is 13.3 Å². The summed E-state index contributed by atoms with van der Waals surface area (Å²) in [7, 11) is 1.42. The fourth-order valence-electron chi connectivity index (χ4n) is 1.33. The predicted molar refractivity (Wildman–Crippen MR) is 58.2 cm³/mol. The molecule has 0 unspecified atom stereocenters. The summed E-state index contributed by atoms with van der Waals surface area (Å²) >= 11 is 0. The third-order valence-corrected chi connectivity index (χ3v) is 2.29. The van der Waals surface area contributed by atoms with Crippen molar-refractivity contribution < 1.29 is 9.53 Å². The molecule has 1 N–H and O–H groups in total. The summed E-state index contributed by atoms with van der Waals surface area (Å²) in [6.45, 7) is 5.09. The predicted octanol–water partition coefficient (Wildman–Crippen LogP) is 2.11. The van der Waals surface area contributed by atoms with Crippen molar-refractivity contribution in [2.45, 2.75) is 52.0 Å². The lowest BCUT2D eigenvalue weighted by Crippen LogP contribution is -2.28. The van der Waals surface area contributed by atoms with E-state index in [-0.39, 0.29) is 5.97 Å². The molecule has 3 nitrogen and oxygen atoms in total. The average molecular weight is 201 g/mol. The van der Waals surface area contributed by atoms with Gasteiger partial charge in [-0.2, -0.15) is 0 Å². The number of hydrogen-bond acceptors (Lipinski definition) is 3. The Morgan fingerprint density at radius 1 is 1.43 bits per heavy atom. The Morgan fingerprint density at radius 2 is 2.14 bits per heavy atom. The van der Waals surface area contributed by atoms with Gasteiger partial charge in [0.2, 0.25) is 0 Å². The van der Waals surface area contributed by atoms with Crippen molar-refractivity contribution in [3.05, 3.63) is 0 Å². The van der Waals surface area contributed by atoms with Crippen LogP contribution >= 0.6 is 0 Å². The summed E-state index contributed by atoms with van der Waals surface area (Å²) in [4.78, 5) is 10.8. The molecule has 14 heavy (non-hydrogen) atoms. The van der Waals surface area contributed by atoms with Gasteiger partial charge < -0.3 is 10.1 Å². The van der Waals surface area contributed by atoms with E-state index in [0.29, 0.717) is 12.5 Å². The highest BCUT2D eigenvalue weighted by molar-refractivity contribution is 5.69. The number of esters is 1. The Morgan fingerprint density at radius 3 is 2.71 bits per heavy atom. The highest BCUT2D eigenvalue weighted by Gasteiger charge is 2.03. The van der Waals surface area contributed by atoms with Gasteiger partial charge in [0.15, 0.2) is 0 Å². The van der Waals surface area contributed by atoms with Gasteiger partial charge in [0.1, 0.15) is 0 Å². The summed E-state index contributed by atoms with van der Waals surface area (Å²) in [6, 6.07) is 0.506. The van der Waals surface area contributed by atoms with Crippen LogP contribution in [0.15, 0.2) is 0 Å². The molecular formula is C11H23NO2. The molecule has 0 saturated heterocycles. The highest BCUT2D eigenvalue weighted by Crippen LogP contribution is 2.02. The van der Waals surface area contributed by atoms with E-state index in [1.165, 1.54) is 32.8 Å². The highest BCUT2D eigenvalue weighted by atomic mass is 16.5. The van der Waals surface area contributed by atoms with Gasteiger partial charge >= 0.3 is 5.97 Å². The van der Waals surface area contributed by atoms with Crippen LogP contribution < -0.4 is 5.32 Å². The molecule has 0 fully saturated rings. The molecule has 0 rings (SSSR count). The van der Waals surface area contributed by atoms with Crippen molar-refractivity contribution >= 4 is 5.97 Å². The van der Waals surface area contributed by atoms with Gasteiger partial charge in [-0.15, -0.1) is 0 Å². The van der Waals surface area contributed by atoms with Crippen LogP contribution in [0.4, 0.5) is 0 Å². The van der Waals surface area contributed by atoms with Crippen LogP contribution in [0.25, 0.3) is 0 Å². The SMILES string of the molecule is CCCCC[C@@H](C)NCCC(=O)OC. The molecule has 0 bridgehead atoms. The molecule has 3 heteroatoms. The Kier molecular flexibility index (Phi) is 8.64. The molecule has 0 radical (unpaired) electrons. The fourth-order valence-corrected chi connectivity index (χ4v) is 1.33. The van der Waals surface area contributed by atoms with Gasteiger partial charge in [0.05, 0.1) is 13.5 Å². The second-order valence-electron chi connectivity index (χ2n) is 3.68. The molecule has 1 atom stereocenters. The largest absolute Gasteiger partial charge is 0.469 e. The number of methoxy groups -OCH3 is 1. The number of unbranched alkanes of at least 4 members (excludes halogenated alkanes) is 2. The lowest BCUT2D eigenvalue weighted by molar-refractivity contribution is -0.140. The van der Waals surface area contributed by atoms with Crippen LogP contribution in [0.3, 0.4) is 0 Å². The van der Waals surface area contributed by atoms with E-state index in [0.717, 1.165) is 6.54 Å². The molecule has 0 spiro atoms. The van der Waals surface area contributed by atoms with E-state index in [4.69, 9.17) is 0 Å². The lowest BCUT2D eigenvalue weighted by atomic mass is 10.1. The number of rotatable bonds is 8. The van der Waals surface area contributed by atoms with E-state index >= 15 is 0 Å². The van der Waals surface area contributed by atoms with Crippen molar-refractivity contribution in [2.24, 2.45) is 0 Å². The van der Waals surface area contributed by atoms with E-state index in [2.05, 4.69) is 23.9 Å². The van der Waals surface area contributed by atoms with E-state index in [1.54, 1.807) is 0 Å². The van der Waals surface area contributed by atoms with Crippen LogP contribution in [0.1, 0.15) is 46.0 Å². The number of nitrogens with one attached hydrogen (secondary N) is 1. The maximum Gasteiger partial charge on any atom is 0.306 e. The van der Waals surface area contributed by atoms with Crippen molar-refractivity contribution in [3.8, 4) is 0 Å². The first kappa shape index (κ1) is 13.4. The molecule has 0 aromatic rings. The molecule has 0 aliphatic carbocycles. The number of ether oxygens (including phenoxy) is 1. The molecule has 0 aromatic carbocycles. The Balaban J connectivity index is 3.26. The zero-order chi connectivity index (χ0) is 10.8. The van der Waals surface area contributed by atoms with Crippen molar-refractivity contribution in [1.29, 1.82) is 0 Å². The fraction of sp³-hybridized carbons (Fsp3) is 0.909. The Labute approximate surface area is 87.2 Å². The van der Waals surface area contributed by atoms with Crippen molar-refractivity contribution in [2.75, 3.05) is 13.7 Å². The van der Waals surface area contributed by atoms with Gasteiger partial charge in [-0.3, -0.25) is 4.79 Å². The molecule has 84 valence electrons. The van der Waals surface area contributed by atoms with Gasteiger partial charge in [0.25, 0.3) is 0 Å². The molecule has 0 saturated carbocycles. The average Bonchev–Trinajstić information content (AvgIpc) is 2.18. The molecule has 0 heterocycles. The summed E-state index contributed by atoms with van der Waals surface area (Å²) < 4.78 is 4.55. The zero-order valence-electron chi connectivity index (χ0n) is 9.64. The van der Waals surface area contributed by atoms with Gasteiger partial charge in [-0.25, -0.2) is 0 Å². The quantitative estimate of drug-likeness (QED) is 0.483. The Bertz CT molecular complexity index is 148. The number of hydrogen-bond donors (Lipinski definition) is 1. The topological polar surface area (TPSA) is 38.3 Å². The first-order valence-electron chi connectivity index (χ1n) is 5.50. The minimum Gasteiger partial charge on any atom is -0.469 e. The standard InChI is InChI=1S/C11H23NO2/c1-4-5-6-7-10(2)12-9-8-11(13)14-3/h10,12H,4-9H2,1-3H3/t10-/m1/s1. The monoisotopic (exact) mass is 201 g/mol. The summed E-state index contributed by atoms with van der Waals surface area (Å²) in [5.74, 6) is -0.141.